The Bertz CT molecular complexity index is 926. The largest absolute Gasteiger partial charge is 0.485 e. The molecule has 136 valence electrons. The maximum absolute atomic E-state index is 12.3. The van der Waals surface area contributed by atoms with Gasteiger partial charge in [-0.1, -0.05) is 30.3 Å². The van der Waals surface area contributed by atoms with Gasteiger partial charge in [-0.05, 0) is 35.9 Å². The Hall–Kier alpha value is -3.67. The maximum atomic E-state index is 12.3. The van der Waals surface area contributed by atoms with Gasteiger partial charge in [0.05, 0.1) is 18.2 Å². The third-order valence-corrected chi connectivity index (χ3v) is 3.70. The fraction of sp³-hybridized carbons (Fsp3) is 0.0952. The van der Waals surface area contributed by atoms with Gasteiger partial charge in [0.25, 0.3) is 0 Å². The first-order valence-corrected chi connectivity index (χ1v) is 8.18. The van der Waals surface area contributed by atoms with Crippen molar-refractivity contribution in [2.45, 2.75) is 6.61 Å². The van der Waals surface area contributed by atoms with Crippen molar-refractivity contribution in [2.75, 3.05) is 7.11 Å². The van der Waals surface area contributed by atoms with E-state index in [1.54, 1.807) is 18.3 Å². The second-order valence-corrected chi connectivity index (χ2v) is 5.56. The highest BCUT2D eigenvalue weighted by atomic mass is 16.6. The van der Waals surface area contributed by atoms with E-state index in [1.165, 1.54) is 31.5 Å². The van der Waals surface area contributed by atoms with Gasteiger partial charge in [0.2, 0.25) is 0 Å². The molecule has 3 rings (SSSR count). The number of benzene rings is 2. The molecule has 0 aliphatic carbocycles. The number of pyridine rings is 1. The van der Waals surface area contributed by atoms with Crippen molar-refractivity contribution < 1.29 is 23.8 Å². The van der Waals surface area contributed by atoms with Gasteiger partial charge in [-0.15, -0.1) is 0 Å². The molecule has 6 nitrogen and oxygen atoms in total. The number of nitrogens with zero attached hydrogens (tertiary/aromatic N) is 1. The number of hydrogen-bond donors (Lipinski definition) is 0. The lowest BCUT2D eigenvalue weighted by Crippen LogP contribution is -2.11. The van der Waals surface area contributed by atoms with Crippen LogP contribution in [0.1, 0.15) is 26.3 Å². The van der Waals surface area contributed by atoms with Crippen molar-refractivity contribution in [2.24, 2.45) is 0 Å². The summed E-state index contributed by atoms with van der Waals surface area (Å²) in [6.07, 6.45) is 2.98. The molecule has 1 aromatic heterocycles. The summed E-state index contributed by atoms with van der Waals surface area (Å²) < 4.78 is 16.0. The van der Waals surface area contributed by atoms with Crippen LogP contribution < -0.4 is 9.47 Å². The number of esters is 2. The fourth-order valence-corrected chi connectivity index (χ4v) is 2.33. The monoisotopic (exact) mass is 363 g/mol. The standard InChI is InChI=1S/C21H17NO5/c1-25-20(23)16-9-10-18(27-21(24)17-8-5-11-22-13-17)19(12-16)26-14-15-6-3-2-4-7-15/h2-13H,14H2,1H3. The highest BCUT2D eigenvalue weighted by molar-refractivity contribution is 5.92. The van der Waals surface area contributed by atoms with Crippen LogP contribution in [0, 0.1) is 0 Å². The number of methoxy groups -OCH3 is 1. The molecule has 0 unspecified atom stereocenters. The number of carbonyl (C=O) groups is 2. The van der Waals surface area contributed by atoms with Crippen LogP contribution in [0.3, 0.4) is 0 Å². The molecule has 0 amide bonds. The van der Waals surface area contributed by atoms with E-state index in [2.05, 4.69) is 4.98 Å². The molecular formula is C21H17NO5. The highest BCUT2D eigenvalue weighted by Crippen LogP contribution is 2.30. The molecule has 0 aliphatic heterocycles. The Morgan fingerprint density at radius 3 is 2.41 bits per heavy atom. The molecule has 6 heteroatoms. The number of carbonyl (C=O) groups excluding carboxylic acids is 2. The van der Waals surface area contributed by atoms with E-state index in [-0.39, 0.29) is 18.1 Å². The van der Waals surface area contributed by atoms with E-state index in [9.17, 15) is 9.59 Å². The zero-order valence-corrected chi connectivity index (χ0v) is 14.6. The van der Waals surface area contributed by atoms with Crippen LogP contribution in [0.25, 0.3) is 0 Å². The second-order valence-electron chi connectivity index (χ2n) is 5.56. The van der Waals surface area contributed by atoms with Crippen molar-refractivity contribution in [3.63, 3.8) is 0 Å². The Morgan fingerprint density at radius 2 is 1.70 bits per heavy atom. The van der Waals surface area contributed by atoms with Crippen LogP contribution in [-0.4, -0.2) is 24.0 Å². The van der Waals surface area contributed by atoms with E-state index in [0.29, 0.717) is 11.1 Å². The number of ether oxygens (including phenoxy) is 3. The van der Waals surface area contributed by atoms with Gasteiger partial charge in [-0.25, -0.2) is 9.59 Å². The normalized spacial score (nSPS) is 10.1. The molecular weight excluding hydrogens is 346 g/mol. The second kappa shape index (κ2) is 8.62. The molecule has 0 saturated heterocycles. The van der Waals surface area contributed by atoms with Crippen LogP contribution >= 0.6 is 0 Å². The zero-order chi connectivity index (χ0) is 19.1. The predicted molar refractivity (Wildman–Crippen MR) is 97.8 cm³/mol. The molecule has 0 bridgehead atoms. The van der Waals surface area contributed by atoms with Crippen LogP contribution in [0.2, 0.25) is 0 Å². The SMILES string of the molecule is COC(=O)c1ccc(OC(=O)c2cccnc2)c(OCc2ccccc2)c1. The summed E-state index contributed by atoms with van der Waals surface area (Å²) in [4.78, 5) is 28.0. The summed E-state index contributed by atoms with van der Waals surface area (Å²) in [5, 5.41) is 0. The Balaban J connectivity index is 1.85. The van der Waals surface area contributed by atoms with Gasteiger partial charge in [0.15, 0.2) is 11.5 Å². The summed E-state index contributed by atoms with van der Waals surface area (Å²) in [6.45, 7) is 0.253. The van der Waals surface area contributed by atoms with E-state index < -0.39 is 11.9 Å². The van der Waals surface area contributed by atoms with E-state index in [0.717, 1.165) is 5.56 Å². The summed E-state index contributed by atoms with van der Waals surface area (Å²) in [5.74, 6) is -0.616. The Morgan fingerprint density at radius 1 is 0.889 bits per heavy atom. The lowest BCUT2D eigenvalue weighted by Gasteiger charge is -2.13. The van der Waals surface area contributed by atoms with Crippen LogP contribution in [0.15, 0.2) is 73.1 Å². The molecule has 1 heterocycles. The molecule has 0 atom stereocenters. The van der Waals surface area contributed by atoms with Gasteiger partial charge in [0.1, 0.15) is 6.61 Å². The molecule has 3 aromatic rings. The third-order valence-electron chi connectivity index (χ3n) is 3.70. The number of rotatable bonds is 6. The minimum Gasteiger partial charge on any atom is -0.485 e. The molecule has 2 aromatic carbocycles. The van der Waals surface area contributed by atoms with Crippen LogP contribution in [0.5, 0.6) is 11.5 Å². The maximum Gasteiger partial charge on any atom is 0.345 e. The van der Waals surface area contributed by atoms with Crippen molar-refractivity contribution in [3.8, 4) is 11.5 Å². The van der Waals surface area contributed by atoms with Gasteiger partial charge < -0.3 is 14.2 Å². The molecule has 0 radical (unpaired) electrons. The van der Waals surface area contributed by atoms with Crippen molar-refractivity contribution >= 4 is 11.9 Å². The first-order chi connectivity index (χ1) is 13.2. The lowest BCUT2D eigenvalue weighted by atomic mass is 10.2. The first-order valence-electron chi connectivity index (χ1n) is 8.18. The average Bonchev–Trinajstić information content (AvgIpc) is 2.73. The van der Waals surface area contributed by atoms with Gasteiger partial charge in [-0.2, -0.15) is 0 Å². The molecule has 0 saturated carbocycles. The number of hydrogen-bond acceptors (Lipinski definition) is 6. The third kappa shape index (κ3) is 4.70. The van der Waals surface area contributed by atoms with E-state index in [4.69, 9.17) is 14.2 Å². The van der Waals surface area contributed by atoms with Crippen molar-refractivity contribution in [1.29, 1.82) is 0 Å². The smallest absolute Gasteiger partial charge is 0.345 e. The van der Waals surface area contributed by atoms with Crippen molar-refractivity contribution in [3.05, 3.63) is 89.7 Å². The molecule has 0 fully saturated rings. The highest BCUT2D eigenvalue weighted by Gasteiger charge is 2.16. The minimum absolute atomic E-state index is 0.201. The molecule has 0 spiro atoms. The van der Waals surface area contributed by atoms with Gasteiger partial charge >= 0.3 is 11.9 Å². The first kappa shape index (κ1) is 18.1. The average molecular weight is 363 g/mol. The van der Waals surface area contributed by atoms with Crippen LogP contribution in [-0.2, 0) is 11.3 Å². The summed E-state index contributed by atoms with van der Waals surface area (Å²) >= 11 is 0. The summed E-state index contributed by atoms with van der Waals surface area (Å²) in [6, 6.07) is 17.3. The number of aromatic nitrogens is 1. The quantitative estimate of drug-likeness (QED) is 0.491. The van der Waals surface area contributed by atoms with Crippen molar-refractivity contribution in [1.82, 2.24) is 4.98 Å². The summed E-state index contributed by atoms with van der Waals surface area (Å²) in [7, 11) is 1.29. The topological polar surface area (TPSA) is 74.7 Å². The van der Waals surface area contributed by atoms with E-state index in [1.807, 2.05) is 30.3 Å². The lowest BCUT2D eigenvalue weighted by molar-refractivity contribution is 0.0600. The summed E-state index contributed by atoms with van der Waals surface area (Å²) in [5.41, 5.74) is 1.54. The van der Waals surface area contributed by atoms with Crippen LogP contribution in [0.4, 0.5) is 0 Å². The molecule has 27 heavy (non-hydrogen) atoms. The van der Waals surface area contributed by atoms with Gasteiger partial charge in [0, 0.05) is 12.4 Å². The Labute approximate surface area is 156 Å². The minimum atomic E-state index is -0.571. The zero-order valence-electron chi connectivity index (χ0n) is 14.6. The molecule has 0 N–H and O–H groups in total. The predicted octanol–water partition coefficient (Wildman–Crippen LogP) is 3.67. The molecule has 0 aliphatic rings. The van der Waals surface area contributed by atoms with Gasteiger partial charge in [-0.3, -0.25) is 4.98 Å². The Kier molecular flexibility index (Phi) is 5.79. The fourth-order valence-electron chi connectivity index (χ4n) is 2.33. The van der Waals surface area contributed by atoms with E-state index >= 15 is 0 Å².